The fourth-order valence-electron chi connectivity index (χ4n) is 3.16. The van der Waals surface area contributed by atoms with Gasteiger partial charge in [0.15, 0.2) is 13.0 Å². The van der Waals surface area contributed by atoms with Gasteiger partial charge in [-0.2, -0.15) is 0 Å². The van der Waals surface area contributed by atoms with Crippen molar-refractivity contribution < 1.29 is 0 Å². The number of nitrogens with zero attached hydrogens (tertiary/aromatic N) is 3. The number of hydrogen-bond donors (Lipinski definition) is 0. The minimum atomic E-state index is 0.755. The van der Waals surface area contributed by atoms with Crippen LogP contribution in [-0.4, -0.2) is 28.4 Å². The van der Waals surface area contributed by atoms with Gasteiger partial charge in [0.1, 0.15) is 0 Å². The van der Waals surface area contributed by atoms with Crippen molar-refractivity contribution in [2.45, 2.75) is 37.3 Å². The minimum absolute atomic E-state index is 0.755. The lowest BCUT2D eigenvalue weighted by Crippen LogP contribution is -2.18. The topological polar surface area (TPSA) is 30.7 Å². The van der Waals surface area contributed by atoms with E-state index in [9.17, 15) is 0 Å². The second-order valence-electron chi connectivity index (χ2n) is 6.21. The van der Waals surface area contributed by atoms with Gasteiger partial charge in [0, 0.05) is 11.1 Å². The van der Waals surface area contributed by atoms with Crippen LogP contribution in [0.25, 0.3) is 16.5 Å². The van der Waals surface area contributed by atoms with Crippen LogP contribution < -0.4 is 5.72 Å². The molecule has 0 radical (unpaired) electrons. The SMILES string of the molecule is Bc1nnc(SCCC)n1-c1ccc(C2CC2)c2ccccc12. The summed E-state index contributed by atoms with van der Waals surface area (Å²) in [5.41, 5.74) is 3.65. The minimum Gasteiger partial charge on any atom is -0.282 e. The summed E-state index contributed by atoms with van der Waals surface area (Å²) in [6, 6.07) is 13.3. The Morgan fingerprint density at radius 2 is 1.91 bits per heavy atom. The molecule has 0 amide bonds. The number of thioether (sulfide) groups is 1. The average molecular weight is 321 g/mol. The third-order valence-corrected chi connectivity index (χ3v) is 5.56. The fraction of sp³-hybridized carbons (Fsp3) is 0.333. The van der Waals surface area contributed by atoms with Crippen LogP contribution in [-0.2, 0) is 0 Å². The number of benzene rings is 2. The second kappa shape index (κ2) is 6.04. The summed E-state index contributed by atoms with van der Waals surface area (Å²) in [5, 5.41) is 12.4. The first-order chi connectivity index (χ1) is 11.3. The zero-order chi connectivity index (χ0) is 15.8. The van der Waals surface area contributed by atoms with Crippen LogP contribution in [0.4, 0.5) is 0 Å². The monoisotopic (exact) mass is 321 g/mol. The Balaban J connectivity index is 1.90. The van der Waals surface area contributed by atoms with Crippen molar-refractivity contribution in [1.82, 2.24) is 14.8 Å². The van der Waals surface area contributed by atoms with Crippen molar-refractivity contribution in [3.63, 3.8) is 0 Å². The largest absolute Gasteiger partial charge is 0.282 e. The summed E-state index contributed by atoms with van der Waals surface area (Å²) in [6.07, 6.45) is 3.79. The zero-order valence-corrected chi connectivity index (χ0v) is 14.4. The van der Waals surface area contributed by atoms with Gasteiger partial charge < -0.3 is 0 Å². The molecular formula is C18H20BN3S. The van der Waals surface area contributed by atoms with Gasteiger partial charge in [-0.1, -0.05) is 49.0 Å². The Morgan fingerprint density at radius 3 is 2.65 bits per heavy atom. The Bertz CT molecular complexity index is 855. The maximum Gasteiger partial charge on any atom is 0.195 e. The normalized spacial score (nSPS) is 14.5. The summed E-state index contributed by atoms with van der Waals surface area (Å²) in [6.45, 7) is 2.19. The molecule has 3 nitrogen and oxygen atoms in total. The molecule has 0 N–H and O–H groups in total. The number of aromatic nitrogens is 3. The first-order valence-electron chi connectivity index (χ1n) is 8.36. The number of rotatable bonds is 5. The molecule has 1 heterocycles. The molecule has 4 rings (SSSR count). The molecule has 5 heteroatoms. The Morgan fingerprint density at radius 1 is 1.13 bits per heavy atom. The lowest BCUT2D eigenvalue weighted by molar-refractivity contribution is 0.891. The summed E-state index contributed by atoms with van der Waals surface area (Å²) in [4.78, 5) is 0. The molecule has 0 atom stereocenters. The molecule has 1 aliphatic rings. The molecule has 0 bridgehead atoms. The van der Waals surface area contributed by atoms with E-state index in [0.717, 1.165) is 29.0 Å². The lowest BCUT2D eigenvalue weighted by Gasteiger charge is -2.14. The molecule has 0 saturated heterocycles. The smallest absolute Gasteiger partial charge is 0.195 e. The predicted octanol–water partition coefficient (Wildman–Crippen LogP) is 3.06. The average Bonchev–Trinajstić information content (AvgIpc) is 3.36. The summed E-state index contributed by atoms with van der Waals surface area (Å²) in [7, 11) is 2.03. The van der Waals surface area contributed by atoms with E-state index >= 15 is 0 Å². The van der Waals surface area contributed by atoms with Crippen LogP contribution in [0, 0.1) is 0 Å². The first-order valence-corrected chi connectivity index (χ1v) is 9.35. The van der Waals surface area contributed by atoms with Gasteiger partial charge in [-0.15, -0.1) is 10.2 Å². The zero-order valence-electron chi connectivity index (χ0n) is 13.6. The third kappa shape index (κ3) is 2.67. The highest BCUT2D eigenvalue weighted by molar-refractivity contribution is 7.99. The number of hydrogen-bond acceptors (Lipinski definition) is 3. The van der Waals surface area contributed by atoms with Gasteiger partial charge >= 0.3 is 0 Å². The second-order valence-corrected chi connectivity index (χ2v) is 7.27. The predicted molar refractivity (Wildman–Crippen MR) is 100 cm³/mol. The third-order valence-electron chi connectivity index (χ3n) is 4.42. The molecule has 0 spiro atoms. The molecule has 2 aromatic carbocycles. The van der Waals surface area contributed by atoms with E-state index in [-0.39, 0.29) is 0 Å². The fourth-order valence-corrected chi connectivity index (χ4v) is 4.00. The summed E-state index contributed by atoms with van der Waals surface area (Å²) >= 11 is 1.78. The van der Waals surface area contributed by atoms with Crippen LogP contribution in [0.1, 0.15) is 37.7 Å². The van der Waals surface area contributed by atoms with E-state index in [1.165, 1.54) is 34.9 Å². The molecular weight excluding hydrogens is 301 g/mol. The Labute approximate surface area is 141 Å². The standard InChI is InChI=1S/C18H20BN3S/c1-2-11-23-18-21-20-17(19)22(18)16-10-9-13(12-7-8-12)14-5-3-4-6-15(14)16/h3-6,9-10,12H,2,7-8,11,19H2,1H3. The van der Waals surface area contributed by atoms with Crippen molar-refractivity contribution in [2.75, 3.05) is 5.75 Å². The molecule has 3 aromatic rings. The molecule has 1 saturated carbocycles. The first kappa shape index (κ1) is 14.8. The van der Waals surface area contributed by atoms with E-state index in [2.05, 4.69) is 58.1 Å². The van der Waals surface area contributed by atoms with Gasteiger partial charge in [0.2, 0.25) is 0 Å². The van der Waals surface area contributed by atoms with Gasteiger partial charge in [0.25, 0.3) is 0 Å². The van der Waals surface area contributed by atoms with E-state index in [1.54, 1.807) is 11.8 Å². The van der Waals surface area contributed by atoms with Crippen LogP contribution in [0.2, 0.25) is 0 Å². The summed E-state index contributed by atoms with van der Waals surface area (Å²) < 4.78 is 2.21. The summed E-state index contributed by atoms with van der Waals surface area (Å²) in [5.74, 6) is 1.82. The van der Waals surface area contributed by atoms with Crippen LogP contribution >= 0.6 is 11.8 Å². The molecule has 1 aromatic heterocycles. The molecule has 0 aliphatic heterocycles. The van der Waals surface area contributed by atoms with Crippen molar-refractivity contribution in [3.05, 3.63) is 42.0 Å². The number of fused-ring (bicyclic) bond motifs is 1. The molecule has 116 valence electrons. The van der Waals surface area contributed by atoms with Crippen LogP contribution in [0.5, 0.6) is 0 Å². The van der Waals surface area contributed by atoms with Gasteiger partial charge in [-0.05, 0) is 42.2 Å². The molecule has 1 aliphatic carbocycles. The lowest BCUT2D eigenvalue weighted by atomic mass is 9.99. The Kier molecular flexibility index (Phi) is 3.89. The maximum atomic E-state index is 4.38. The quantitative estimate of drug-likeness (QED) is 0.534. The van der Waals surface area contributed by atoms with Gasteiger partial charge in [-0.25, -0.2) is 0 Å². The highest BCUT2D eigenvalue weighted by Crippen LogP contribution is 2.44. The highest BCUT2D eigenvalue weighted by atomic mass is 32.2. The van der Waals surface area contributed by atoms with Crippen molar-refractivity contribution >= 4 is 36.1 Å². The van der Waals surface area contributed by atoms with Gasteiger partial charge in [-0.3, -0.25) is 4.57 Å². The van der Waals surface area contributed by atoms with Crippen molar-refractivity contribution in [3.8, 4) is 5.69 Å². The van der Waals surface area contributed by atoms with Crippen molar-refractivity contribution in [2.24, 2.45) is 0 Å². The van der Waals surface area contributed by atoms with E-state index in [0.29, 0.717) is 0 Å². The molecule has 23 heavy (non-hydrogen) atoms. The highest BCUT2D eigenvalue weighted by Gasteiger charge is 2.26. The van der Waals surface area contributed by atoms with Crippen LogP contribution in [0.15, 0.2) is 41.6 Å². The van der Waals surface area contributed by atoms with Crippen LogP contribution in [0.3, 0.4) is 0 Å². The van der Waals surface area contributed by atoms with Gasteiger partial charge in [0.05, 0.1) is 11.4 Å². The van der Waals surface area contributed by atoms with E-state index in [1.807, 2.05) is 7.85 Å². The maximum absolute atomic E-state index is 4.38. The van der Waals surface area contributed by atoms with E-state index < -0.39 is 0 Å². The molecule has 1 fully saturated rings. The van der Waals surface area contributed by atoms with Crippen molar-refractivity contribution in [1.29, 1.82) is 0 Å². The van der Waals surface area contributed by atoms with E-state index in [4.69, 9.17) is 0 Å². The molecule has 0 unspecified atom stereocenters. The Hall–Kier alpha value is -1.75.